The predicted octanol–water partition coefficient (Wildman–Crippen LogP) is 4.80. The van der Waals surface area contributed by atoms with Crippen LogP contribution in [0.1, 0.15) is 23.6 Å². The van der Waals surface area contributed by atoms with Gasteiger partial charge in [0.15, 0.2) is 0 Å². The Balaban J connectivity index is 1.81. The van der Waals surface area contributed by atoms with E-state index in [1.54, 1.807) is 24.3 Å². The molecule has 0 saturated heterocycles. The van der Waals surface area contributed by atoms with E-state index >= 15 is 0 Å². The van der Waals surface area contributed by atoms with Crippen molar-refractivity contribution in [3.63, 3.8) is 0 Å². The molecular weight excluding hydrogens is 421 g/mol. The van der Waals surface area contributed by atoms with Crippen molar-refractivity contribution >= 4 is 40.4 Å². The molecule has 6 nitrogen and oxygen atoms in total. The Labute approximate surface area is 190 Å². The fourth-order valence-electron chi connectivity index (χ4n) is 3.88. The van der Waals surface area contributed by atoms with Gasteiger partial charge in [-0.2, -0.15) is 0 Å². The Morgan fingerprint density at radius 3 is 2.12 bits per heavy atom. The molecular formula is C26H22FN3O3. The Kier molecular flexibility index (Phi) is 5.79. The van der Waals surface area contributed by atoms with Crippen LogP contribution in [0.3, 0.4) is 0 Å². The predicted molar refractivity (Wildman–Crippen MR) is 126 cm³/mol. The Hall–Kier alpha value is -4.26. The topological polar surface area (TPSA) is 78.5 Å². The number of hydrogen-bond donors (Lipinski definition) is 2. The molecule has 4 rings (SSSR count). The number of nitrogens with one attached hydrogen (secondary N) is 2. The summed E-state index contributed by atoms with van der Waals surface area (Å²) in [5.74, 6) is -1.91. The lowest BCUT2D eigenvalue weighted by molar-refractivity contribution is -0.120. The van der Waals surface area contributed by atoms with E-state index in [9.17, 15) is 18.8 Å². The molecule has 0 bridgehead atoms. The summed E-state index contributed by atoms with van der Waals surface area (Å²) in [4.78, 5) is 39.1. The summed E-state index contributed by atoms with van der Waals surface area (Å²) in [6, 6.07) is 17.7. The molecule has 0 spiro atoms. The number of halogens is 1. The van der Waals surface area contributed by atoms with Crippen molar-refractivity contribution in [1.82, 2.24) is 0 Å². The first-order chi connectivity index (χ1) is 15.7. The highest BCUT2D eigenvalue weighted by Crippen LogP contribution is 2.34. The van der Waals surface area contributed by atoms with Gasteiger partial charge in [0, 0.05) is 18.3 Å². The van der Waals surface area contributed by atoms with Crippen LogP contribution in [0.25, 0.3) is 5.57 Å². The minimum absolute atomic E-state index is 0.0986. The zero-order chi connectivity index (χ0) is 23.7. The van der Waals surface area contributed by atoms with Crippen LogP contribution in [-0.2, 0) is 14.4 Å². The van der Waals surface area contributed by atoms with E-state index in [4.69, 9.17) is 0 Å². The highest BCUT2D eigenvalue weighted by atomic mass is 19.1. The molecule has 0 fully saturated rings. The van der Waals surface area contributed by atoms with E-state index in [0.717, 1.165) is 22.1 Å². The third-order valence-corrected chi connectivity index (χ3v) is 5.14. The van der Waals surface area contributed by atoms with E-state index in [2.05, 4.69) is 10.6 Å². The SMILES string of the molecule is CC(=O)Nc1ccc(C2=C(Nc3cc(C)cc(C)c3)C(=O)N(c3cccc(F)c3)C2=O)cc1. The minimum Gasteiger partial charge on any atom is -0.350 e. The number of imide groups is 1. The lowest BCUT2D eigenvalue weighted by Gasteiger charge is -2.15. The normalized spacial score (nSPS) is 13.5. The van der Waals surface area contributed by atoms with Gasteiger partial charge in [0.2, 0.25) is 5.91 Å². The molecule has 1 aliphatic heterocycles. The molecule has 7 heteroatoms. The summed E-state index contributed by atoms with van der Waals surface area (Å²) < 4.78 is 13.9. The van der Waals surface area contributed by atoms with Crippen molar-refractivity contribution in [2.75, 3.05) is 15.5 Å². The fraction of sp³-hybridized carbons (Fsp3) is 0.115. The highest BCUT2D eigenvalue weighted by molar-refractivity contribution is 6.46. The summed E-state index contributed by atoms with van der Waals surface area (Å²) in [6.45, 7) is 5.28. The second-order valence-electron chi connectivity index (χ2n) is 7.94. The van der Waals surface area contributed by atoms with Crippen molar-refractivity contribution < 1.29 is 18.8 Å². The van der Waals surface area contributed by atoms with E-state index in [1.807, 2.05) is 32.0 Å². The molecule has 0 unspecified atom stereocenters. The lowest BCUT2D eigenvalue weighted by Crippen LogP contribution is -2.32. The van der Waals surface area contributed by atoms with Gasteiger partial charge in [0.05, 0.1) is 11.3 Å². The molecule has 166 valence electrons. The second-order valence-corrected chi connectivity index (χ2v) is 7.94. The van der Waals surface area contributed by atoms with Crippen LogP contribution in [0.15, 0.2) is 72.4 Å². The molecule has 2 N–H and O–H groups in total. The van der Waals surface area contributed by atoms with E-state index < -0.39 is 17.6 Å². The first kappa shape index (κ1) is 22.0. The van der Waals surface area contributed by atoms with Crippen molar-refractivity contribution in [3.8, 4) is 0 Å². The summed E-state index contributed by atoms with van der Waals surface area (Å²) in [5.41, 5.74) is 4.13. The van der Waals surface area contributed by atoms with Gasteiger partial charge in [0.25, 0.3) is 11.8 Å². The maximum Gasteiger partial charge on any atom is 0.282 e. The molecule has 33 heavy (non-hydrogen) atoms. The number of benzene rings is 3. The molecule has 1 aliphatic rings. The molecule has 0 aliphatic carbocycles. The number of carbonyl (C=O) groups is 3. The molecule has 0 radical (unpaired) electrons. The van der Waals surface area contributed by atoms with Crippen LogP contribution in [-0.4, -0.2) is 17.7 Å². The van der Waals surface area contributed by atoms with E-state index in [-0.39, 0.29) is 22.9 Å². The maximum atomic E-state index is 13.9. The van der Waals surface area contributed by atoms with Gasteiger partial charge in [0.1, 0.15) is 11.5 Å². The average Bonchev–Trinajstić information content (AvgIpc) is 2.97. The summed E-state index contributed by atoms with van der Waals surface area (Å²) in [5, 5.41) is 5.79. The van der Waals surface area contributed by atoms with Gasteiger partial charge >= 0.3 is 0 Å². The number of amides is 3. The van der Waals surface area contributed by atoms with Crippen molar-refractivity contribution in [2.24, 2.45) is 0 Å². The first-order valence-corrected chi connectivity index (χ1v) is 10.3. The van der Waals surface area contributed by atoms with Crippen LogP contribution in [0.4, 0.5) is 21.5 Å². The molecule has 0 aromatic heterocycles. The van der Waals surface area contributed by atoms with Gasteiger partial charge in [-0.25, -0.2) is 9.29 Å². The van der Waals surface area contributed by atoms with Crippen molar-refractivity contribution in [1.29, 1.82) is 0 Å². The second kappa shape index (κ2) is 8.70. The monoisotopic (exact) mass is 443 g/mol. The van der Waals surface area contributed by atoms with Gasteiger partial charge in [-0.05, 0) is 73.0 Å². The van der Waals surface area contributed by atoms with Crippen LogP contribution in [0, 0.1) is 19.7 Å². The Morgan fingerprint density at radius 1 is 0.848 bits per heavy atom. The number of carbonyl (C=O) groups excluding carboxylic acids is 3. The Bertz CT molecular complexity index is 1290. The number of rotatable bonds is 5. The Morgan fingerprint density at radius 2 is 1.52 bits per heavy atom. The van der Waals surface area contributed by atoms with Crippen molar-refractivity contribution in [3.05, 3.63) is 94.9 Å². The molecule has 3 aromatic rings. The molecule has 0 saturated carbocycles. The van der Waals surface area contributed by atoms with Gasteiger partial charge in [-0.3, -0.25) is 14.4 Å². The maximum absolute atomic E-state index is 13.9. The zero-order valence-corrected chi connectivity index (χ0v) is 18.4. The summed E-state index contributed by atoms with van der Waals surface area (Å²) in [6.07, 6.45) is 0. The quantitative estimate of drug-likeness (QED) is 0.556. The summed E-state index contributed by atoms with van der Waals surface area (Å²) >= 11 is 0. The van der Waals surface area contributed by atoms with Gasteiger partial charge in [-0.15, -0.1) is 0 Å². The minimum atomic E-state index is -0.578. The lowest BCUT2D eigenvalue weighted by atomic mass is 10.0. The largest absolute Gasteiger partial charge is 0.350 e. The first-order valence-electron chi connectivity index (χ1n) is 10.3. The fourth-order valence-corrected chi connectivity index (χ4v) is 3.88. The molecule has 3 aromatic carbocycles. The van der Waals surface area contributed by atoms with Crippen LogP contribution >= 0.6 is 0 Å². The van der Waals surface area contributed by atoms with Crippen LogP contribution < -0.4 is 15.5 Å². The number of anilines is 3. The third kappa shape index (κ3) is 4.52. The smallest absolute Gasteiger partial charge is 0.282 e. The number of nitrogens with zero attached hydrogens (tertiary/aromatic N) is 1. The zero-order valence-electron chi connectivity index (χ0n) is 18.4. The molecule has 1 heterocycles. The average molecular weight is 443 g/mol. The van der Waals surface area contributed by atoms with Crippen LogP contribution in [0.5, 0.6) is 0 Å². The van der Waals surface area contributed by atoms with Gasteiger partial charge in [-0.1, -0.05) is 24.3 Å². The highest BCUT2D eigenvalue weighted by Gasteiger charge is 2.40. The summed E-state index contributed by atoms with van der Waals surface area (Å²) in [7, 11) is 0. The van der Waals surface area contributed by atoms with Gasteiger partial charge < -0.3 is 10.6 Å². The van der Waals surface area contributed by atoms with E-state index in [1.165, 1.54) is 25.1 Å². The van der Waals surface area contributed by atoms with Crippen LogP contribution in [0.2, 0.25) is 0 Å². The number of hydrogen-bond acceptors (Lipinski definition) is 4. The number of aryl methyl sites for hydroxylation is 2. The molecule has 3 amide bonds. The standard InChI is InChI=1S/C26H22FN3O3/c1-15-11-16(2)13-21(12-15)29-24-23(18-7-9-20(10-8-18)28-17(3)31)25(32)30(26(24)33)22-6-4-5-19(27)14-22/h4-14,29H,1-3H3,(H,28,31). The van der Waals surface area contributed by atoms with Crippen molar-refractivity contribution in [2.45, 2.75) is 20.8 Å². The van der Waals surface area contributed by atoms with E-state index in [0.29, 0.717) is 16.9 Å². The third-order valence-electron chi connectivity index (χ3n) is 5.14. The molecule has 0 atom stereocenters.